The lowest BCUT2D eigenvalue weighted by molar-refractivity contribution is -0.248. The molecule has 8 heteroatoms. The first-order chi connectivity index (χ1) is 14.8. The molecule has 4 unspecified atom stereocenters. The highest BCUT2D eigenvalue weighted by Gasteiger charge is 2.80. The van der Waals surface area contributed by atoms with Crippen molar-refractivity contribution in [1.29, 1.82) is 0 Å². The van der Waals surface area contributed by atoms with Crippen LogP contribution in [0, 0.1) is 22.7 Å². The second kappa shape index (κ2) is 6.34. The summed E-state index contributed by atoms with van der Waals surface area (Å²) in [6.07, 6.45) is -0.151. The van der Waals surface area contributed by atoms with E-state index in [1.165, 1.54) is 19.1 Å². The average Bonchev–Trinajstić information content (AvgIpc) is 3.11. The summed E-state index contributed by atoms with van der Waals surface area (Å²) in [5.74, 6) is -3.53. The predicted molar refractivity (Wildman–Crippen MR) is 109 cm³/mol. The Kier molecular flexibility index (Phi) is 4.42. The zero-order valence-corrected chi connectivity index (χ0v) is 18.7. The Labute approximate surface area is 185 Å². The molecule has 0 radical (unpaired) electrons. The Hall–Kier alpha value is -1.48. The van der Waals surface area contributed by atoms with Gasteiger partial charge in [0.1, 0.15) is 12.8 Å². The van der Waals surface area contributed by atoms with Gasteiger partial charge in [0.05, 0.1) is 12.2 Å². The number of carbonyl (C=O) groups excluding carboxylic acids is 2. The summed E-state index contributed by atoms with van der Waals surface area (Å²) in [7, 11) is 0. The number of ether oxygens (including phenoxy) is 2. The van der Waals surface area contributed by atoms with Crippen LogP contribution in [0.1, 0.15) is 47.0 Å². The molecule has 0 aromatic heterocycles. The van der Waals surface area contributed by atoms with Crippen LogP contribution in [0.5, 0.6) is 0 Å². The van der Waals surface area contributed by atoms with Gasteiger partial charge >= 0.3 is 0 Å². The second-order valence-corrected chi connectivity index (χ2v) is 11.0. The number of hydrogen-bond acceptors (Lipinski definition) is 6. The van der Waals surface area contributed by atoms with Crippen molar-refractivity contribution in [2.45, 2.75) is 82.4 Å². The molecule has 5 aliphatic rings. The standard InChI is InChI=1S/C24H30F2O6/c1-20(2)31-19-9-13-14-8-16(25)15-7-12(28)5-6-21(15,3)23(14,26)17(29)10-22(13,4)24(19,32-20)18(30)11-27/h5-7,13-14,16-17,19,27,29H,8-11H2,1-4H3/t13?,14?,16-,17-,19?,21-,22-,23-,24?/m0/s1. The highest BCUT2D eigenvalue weighted by Crippen LogP contribution is 2.72. The van der Waals surface area contributed by atoms with E-state index in [0.717, 1.165) is 6.08 Å². The average molecular weight is 452 g/mol. The molecule has 1 heterocycles. The predicted octanol–water partition coefficient (Wildman–Crippen LogP) is 2.37. The summed E-state index contributed by atoms with van der Waals surface area (Å²) in [5, 5.41) is 21.1. The van der Waals surface area contributed by atoms with Crippen molar-refractivity contribution in [3.05, 3.63) is 23.8 Å². The summed E-state index contributed by atoms with van der Waals surface area (Å²) < 4.78 is 44.8. The van der Waals surface area contributed by atoms with Gasteiger partial charge in [0, 0.05) is 16.7 Å². The van der Waals surface area contributed by atoms with Gasteiger partial charge < -0.3 is 19.7 Å². The van der Waals surface area contributed by atoms with Crippen molar-refractivity contribution in [3.8, 4) is 0 Å². The molecule has 0 amide bonds. The van der Waals surface area contributed by atoms with Crippen LogP contribution in [0.25, 0.3) is 0 Å². The molecule has 3 saturated carbocycles. The van der Waals surface area contributed by atoms with Crippen molar-refractivity contribution in [3.63, 3.8) is 0 Å². The first-order valence-corrected chi connectivity index (χ1v) is 11.3. The quantitative estimate of drug-likeness (QED) is 0.668. The fraction of sp³-hybridized carbons (Fsp3) is 0.750. The third-order valence-electron chi connectivity index (χ3n) is 9.18. The minimum absolute atomic E-state index is 0.0550. The Morgan fingerprint density at radius 1 is 1.22 bits per heavy atom. The molecule has 6 nitrogen and oxygen atoms in total. The minimum atomic E-state index is -2.24. The third-order valence-corrected chi connectivity index (χ3v) is 9.18. The topological polar surface area (TPSA) is 93.1 Å². The smallest absolute Gasteiger partial charge is 0.193 e. The lowest BCUT2D eigenvalue weighted by atomic mass is 9.44. The molecule has 4 fully saturated rings. The fourth-order valence-corrected chi connectivity index (χ4v) is 7.92. The number of allylic oxidation sites excluding steroid dienone is 4. The minimum Gasteiger partial charge on any atom is -0.390 e. The zero-order chi connectivity index (χ0) is 23.5. The molecule has 0 bridgehead atoms. The Balaban J connectivity index is 1.66. The van der Waals surface area contributed by atoms with Crippen LogP contribution in [-0.2, 0) is 19.1 Å². The molecule has 9 atom stereocenters. The normalized spacial score (nSPS) is 53.2. The highest BCUT2D eigenvalue weighted by molar-refractivity contribution is 6.01. The summed E-state index contributed by atoms with van der Waals surface area (Å²) in [4.78, 5) is 25.1. The zero-order valence-electron chi connectivity index (χ0n) is 18.7. The van der Waals surface area contributed by atoms with Crippen molar-refractivity contribution in [2.75, 3.05) is 6.61 Å². The van der Waals surface area contributed by atoms with Crippen LogP contribution in [0.4, 0.5) is 8.78 Å². The summed E-state index contributed by atoms with van der Waals surface area (Å²) in [6, 6.07) is 0. The van der Waals surface area contributed by atoms with E-state index in [-0.39, 0.29) is 24.8 Å². The Morgan fingerprint density at radius 2 is 1.91 bits per heavy atom. The van der Waals surface area contributed by atoms with E-state index >= 15 is 8.78 Å². The number of ketones is 2. The van der Waals surface area contributed by atoms with Gasteiger partial charge in [-0.15, -0.1) is 0 Å². The molecule has 1 saturated heterocycles. The van der Waals surface area contributed by atoms with Gasteiger partial charge in [-0.3, -0.25) is 9.59 Å². The molecule has 0 aromatic rings. The van der Waals surface area contributed by atoms with Crippen LogP contribution >= 0.6 is 0 Å². The van der Waals surface area contributed by atoms with Gasteiger partial charge in [-0.25, -0.2) is 8.78 Å². The van der Waals surface area contributed by atoms with E-state index in [1.807, 2.05) is 0 Å². The number of Topliss-reactive ketones (excluding diaryl/α,β-unsaturated/α-hetero) is 1. The maximum Gasteiger partial charge on any atom is 0.193 e. The molecule has 0 spiro atoms. The molecule has 32 heavy (non-hydrogen) atoms. The van der Waals surface area contributed by atoms with Crippen molar-refractivity contribution in [2.24, 2.45) is 22.7 Å². The number of carbonyl (C=O) groups is 2. The van der Waals surface area contributed by atoms with E-state index < -0.39 is 76.3 Å². The third kappa shape index (κ3) is 2.32. The van der Waals surface area contributed by atoms with Crippen molar-refractivity contribution in [1.82, 2.24) is 0 Å². The maximum absolute atomic E-state index is 17.1. The van der Waals surface area contributed by atoms with Gasteiger partial charge in [0.2, 0.25) is 0 Å². The maximum atomic E-state index is 17.1. The van der Waals surface area contributed by atoms with Gasteiger partial charge in [-0.05, 0) is 63.7 Å². The van der Waals surface area contributed by atoms with Gasteiger partial charge in [-0.2, -0.15) is 0 Å². The molecular formula is C24H30F2O6. The van der Waals surface area contributed by atoms with E-state index in [4.69, 9.17) is 9.47 Å². The Bertz CT molecular complexity index is 960. The second-order valence-electron chi connectivity index (χ2n) is 11.0. The van der Waals surface area contributed by atoms with Crippen LogP contribution in [-0.4, -0.2) is 63.8 Å². The van der Waals surface area contributed by atoms with E-state index in [0.29, 0.717) is 0 Å². The van der Waals surface area contributed by atoms with Crippen molar-refractivity contribution < 1.29 is 38.1 Å². The van der Waals surface area contributed by atoms with Gasteiger partial charge in [0.25, 0.3) is 0 Å². The first kappa shape index (κ1) is 22.3. The molecule has 0 aromatic carbocycles. The summed E-state index contributed by atoms with van der Waals surface area (Å²) >= 11 is 0. The van der Waals surface area contributed by atoms with E-state index in [2.05, 4.69) is 0 Å². The number of alkyl halides is 2. The number of rotatable bonds is 2. The largest absolute Gasteiger partial charge is 0.390 e. The SMILES string of the molecule is CC1(C)OC2CC3C4C[C@H](F)C5=CC(=O)C=C[C@]5(C)[C@@]4(F)[C@@H](O)C[C@]3(C)C2(C(=O)CO)O1. The monoisotopic (exact) mass is 452 g/mol. The first-order valence-electron chi connectivity index (χ1n) is 11.3. The van der Waals surface area contributed by atoms with E-state index in [1.54, 1.807) is 20.8 Å². The molecule has 176 valence electrons. The summed E-state index contributed by atoms with van der Waals surface area (Å²) in [5.41, 5.74) is -6.30. The lowest BCUT2D eigenvalue weighted by Gasteiger charge is -2.63. The van der Waals surface area contributed by atoms with Gasteiger partial charge in [-0.1, -0.05) is 13.0 Å². The van der Waals surface area contributed by atoms with E-state index in [9.17, 15) is 19.8 Å². The lowest BCUT2D eigenvalue weighted by Crippen LogP contribution is -2.71. The van der Waals surface area contributed by atoms with Crippen LogP contribution in [0.3, 0.4) is 0 Å². The van der Waals surface area contributed by atoms with Crippen LogP contribution in [0.15, 0.2) is 23.8 Å². The number of halogens is 2. The molecule has 4 aliphatic carbocycles. The number of aliphatic hydroxyl groups excluding tert-OH is 2. The van der Waals surface area contributed by atoms with Crippen LogP contribution in [0.2, 0.25) is 0 Å². The number of fused-ring (bicyclic) bond motifs is 7. The molecule has 1 aliphatic heterocycles. The van der Waals surface area contributed by atoms with Crippen molar-refractivity contribution >= 4 is 11.6 Å². The fourth-order valence-electron chi connectivity index (χ4n) is 7.92. The number of hydrogen-bond donors (Lipinski definition) is 2. The molecule has 2 N–H and O–H groups in total. The summed E-state index contributed by atoms with van der Waals surface area (Å²) in [6.45, 7) is 5.87. The van der Waals surface area contributed by atoms with Gasteiger partial charge in [0.15, 0.2) is 28.6 Å². The van der Waals surface area contributed by atoms with Crippen LogP contribution < -0.4 is 0 Å². The number of aliphatic hydroxyl groups is 2. The Morgan fingerprint density at radius 3 is 2.56 bits per heavy atom. The molecular weight excluding hydrogens is 422 g/mol. The molecule has 5 rings (SSSR count). The highest BCUT2D eigenvalue weighted by atomic mass is 19.1.